The van der Waals surface area contributed by atoms with Crippen LogP contribution < -0.4 is 0 Å². The smallest absolute Gasteiger partial charge is 0.264 e. The predicted octanol–water partition coefficient (Wildman–Crippen LogP) is 3.29. The predicted molar refractivity (Wildman–Crippen MR) is 97.1 cm³/mol. The maximum atomic E-state index is 12.8. The highest BCUT2D eigenvalue weighted by Gasteiger charge is 2.27. The monoisotopic (exact) mass is 360 g/mol. The van der Waals surface area contributed by atoms with Crippen molar-refractivity contribution in [2.45, 2.75) is 25.7 Å². The number of fused-ring (bicyclic) bond motifs is 1. The van der Waals surface area contributed by atoms with Gasteiger partial charge in [-0.1, -0.05) is 6.07 Å². The number of thiophene rings is 2. The van der Waals surface area contributed by atoms with Crippen LogP contribution >= 0.6 is 22.7 Å². The van der Waals surface area contributed by atoms with Gasteiger partial charge in [-0.15, -0.1) is 22.7 Å². The Hall–Kier alpha value is -1.66. The average Bonchev–Trinajstić information content (AvgIpc) is 3.30. The summed E-state index contributed by atoms with van der Waals surface area (Å²) in [4.78, 5) is 31.9. The summed E-state index contributed by atoms with van der Waals surface area (Å²) in [5.74, 6) is 0.223. The quantitative estimate of drug-likeness (QED) is 0.825. The van der Waals surface area contributed by atoms with E-state index in [1.807, 2.05) is 27.3 Å². The van der Waals surface area contributed by atoms with E-state index in [9.17, 15) is 9.59 Å². The molecule has 0 atom stereocenters. The summed E-state index contributed by atoms with van der Waals surface area (Å²) in [6.45, 7) is 2.48. The largest absolute Gasteiger partial charge is 0.334 e. The highest BCUT2D eigenvalue weighted by atomic mass is 32.1. The summed E-state index contributed by atoms with van der Waals surface area (Å²) in [5, 5.41) is 1.92. The normalized spacial score (nSPS) is 17.7. The Balaban J connectivity index is 1.39. The van der Waals surface area contributed by atoms with Crippen molar-refractivity contribution in [1.29, 1.82) is 0 Å². The molecule has 6 heteroatoms. The number of hydrogen-bond acceptors (Lipinski definition) is 4. The van der Waals surface area contributed by atoms with Crippen molar-refractivity contribution in [3.63, 3.8) is 0 Å². The third-order valence-electron chi connectivity index (χ3n) is 4.79. The number of carbonyl (C=O) groups is 2. The molecule has 4 nitrogen and oxygen atoms in total. The van der Waals surface area contributed by atoms with Crippen LogP contribution in [0, 0.1) is 0 Å². The molecule has 0 radical (unpaired) electrons. The van der Waals surface area contributed by atoms with Crippen LogP contribution in [0.2, 0.25) is 0 Å². The molecule has 1 saturated heterocycles. The van der Waals surface area contributed by atoms with Gasteiger partial charge in [0.25, 0.3) is 11.8 Å². The number of amides is 2. The molecule has 0 N–H and O–H groups in total. The maximum Gasteiger partial charge on any atom is 0.264 e. The second kappa shape index (κ2) is 6.69. The van der Waals surface area contributed by atoms with Crippen molar-refractivity contribution in [1.82, 2.24) is 9.80 Å². The van der Waals surface area contributed by atoms with E-state index in [1.165, 1.54) is 34.6 Å². The number of nitrogens with zero attached hydrogens (tertiary/aromatic N) is 2. The van der Waals surface area contributed by atoms with Gasteiger partial charge in [0.1, 0.15) is 0 Å². The lowest BCUT2D eigenvalue weighted by molar-refractivity contribution is 0.0540. The molecular weight excluding hydrogens is 340 g/mol. The zero-order valence-electron chi connectivity index (χ0n) is 13.5. The van der Waals surface area contributed by atoms with Crippen molar-refractivity contribution in [3.8, 4) is 0 Å². The van der Waals surface area contributed by atoms with Gasteiger partial charge < -0.3 is 9.80 Å². The van der Waals surface area contributed by atoms with Crippen LogP contribution in [0.1, 0.15) is 42.6 Å². The molecule has 2 aliphatic rings. The van der Waals surface area contributed by atoms with Crippen LogP contribution in [-0.2, 0) is 12.8 Å². The molecule has 1 aliphatic carbocycles. The van der Waals surface area contributed by atoms with Crippen molar-refractivity contribution < 1.29 is 9.59 Å². The molecule has 0 bridgehead atoms. The first kappa shape index (κ1) is 15.8. The van der Waals surface area contributed by atoms with E-state index in [0.29, 0.717) is 26.2 Å². The fraction of sp³-hybridized carbons (Fsp3) is 0.444. The van der Waals surface area contributed by atoms with Gasteiger partial charge in [0.05, 0.1) is 9.75 Å². The molecule has 1 aliphatic heterocycles. The number of piperazine rings is 1. The summed E-state index contributed by atoms with van der Waals surface area (Å²) in [6.07, 6.45) is 4.71. The Morgan fingerprint density at radius 2 is 1.58 bits per heavy atom. The van der Waals surface area contributed by atoms with Crippen LogP contribution in [0.3, 0.4) is 0 Å². The zero-order valence-corrected chi connectivity index (χ0v) is 15.1. The van der Waals surface area contributed by atoms with Crippen LogP contribution in [0.15, 0.2) is 23.6 Å². The third-order valence-corrected chi connectivity index (χ3v) is 6.88. The molecule has 3 heterocycles. The lowest BCUT2D eigenvalue weighted by atomic mass is 9.99. The van der Waals surface area contributed by atoms with Gasteiger partial charge in [-0.25, -0.2) is 0 Å². The fourth-order valence-corrected chi connectivity index (χ4v) is 5.33. The molecule has 4 rings (SSSR count). The minimum Gasteiger partial charge on any atom is -0.334 e. The summed E-state index contributed by atoms with van der Waals surface area (Å²) in [5.41, 5.74) is 1.38. The number of aryl methyl sites for hydroxylation is 2. The van der Waals surface area contributed by atoms with Gasteiger partial charge in [0.15, 0.2) is 0 Å². The highest BCUT2D eigenvalue weighted by molar-refractivity contribution is 7.14. The summed E-state index contributed by atoms with van der Waals surface area (Å²) < 4.78 is 0. The standard InChI is InChI=1S/C18H20N2O2S2/c21-17(15-6-3-11-23-15)19-7-9-20(10-8-19)18(22)16-12-13-4-1-2-5-14(13)24-16/h3,6,11-12H,1-2,4-5,7-10H2. The molecule has 0 unspecified atom stereocenters. The van der Waals surface area contributed by atoms with E-state index in [-0.39, 0.29) is 11.8 Å². The topological polar surface area (TPSA) is 40.6 Å². The minimum atomic E-state index is 0.0867. The molecule has 2 amide bonds. The summed E-state index contributed by atoms with van der Waals surface area (Å²) in [6, 6.07) is 5.86. The van der Waals surface area contributed by atoms with E-state index in [4.69, 9.17) is 0 Å². The summed E-state index contributed by atoms with van der Waals surface area (Å²) >= 11 is 3.15. The zero-order chi connectivity index (χ0) is 16.5. The van der Waals surface area contributed by atoms with Crippen molar-refractivity contribution in [3.05, 3.63) is 43.8 Å². The van der Waals surface area contributed by atoms with Gasteiger partial charge in [-0.05, 0) is 48.8 Å². The molecule has 1 fully saturated rings. The van der Waals surface area contributed by atoms with E-state index < -0.39 is 0 Å². The van der Waals surface area contributed by atoms with Crippen LogP contribution in [0.5, 0.6) is 0 Å². The maximum absolute atomic E-state index is 12.8. The lowest BCUT2D eigenvalue weighted by Crippen LogP contribution is -2.50. The first-order valence-corrected chi connectivity index (χ1v) is 10.2. The molecular formula is C18H20N2O2S2. The molecule has 24 heavy (non-hydrogen) atoms. The average molecular weight is 361 g/mol. The molecule has 0 aromatic carbocycles. The number of rotatable bonds is 2. The lowest BCUT2D eigenvalue weighted by Gasteiger charge is -2.34. The van der Waals surface area contributed by atoms with E-state index in [2.05, 4.69) is 6.07 Å². The van der Waals surface area contributed by atoms with Gasteiger partial charge in [0, 0.05) is 31.1 Å². The minimum absolute atomic E-state index is 0.0867. The Morgan fingerprint density at radius 3 is 2.21 bits per heavy atom. The molecule has 126 valence electrons. The molecule has 0 spiro atoms. The summed E-state index contributed by atoms with van der Waals surface area (Å²) in [7, 11) is 0. The van der Waals surface area contributed by atoms with Gasteiger partial charge in [-0.3, -0.25) is 9.59 Å². The van der Waals surface area contributed by atoms with E-state index in [1.54, 1.807) is 11.3 Å². The Bertz CT molecular complexity index is 720. The van der Waals surface area contributed by atoms with E-state index in [0.717, 1.165) is 22.6 Å². The second-order valence-electron chi connectivity index (χ2n) is 6.33. The van der Waals surface area contributed by atoms with Crippen LogP contribution in [0.4, 0.5) is 0 Å². The van der Waals surface area contributed by atoms with Gasteiger partial charge in [-0.2, -0.15) is 0 Å². The number of hydrogen-bond donors (Lipinski definition) is 0. The highest BCUT2D eigenvalue weighted by Crippen LogP contribution is 2.30. The third kappa shape index (κ3) is 3.00. The SMILES string of the molecule is O=C(c1cccs1)N1CCN(C(=O)c2cc3c(s2)CCCC3)CC1. The first-order valence-electron chi connectivity index (χ1n) is 8.46. The first-order chi connectivity index (χ1) is 11.7. The Kier molecular flexibility index (Phi) is 4.41. The molecule has 0 saturated carbocycles. The van der Waals surface area contributed by atoms with Crippen LogP contribution in [-0.4, -0.2) is 47.8 Å². The second-order valence-corrected chi connectivity index (χ2v) is 8.41. The Labute approximate surface area is 149 Å². The number of carbonyl (C=O) groups excluding carboxylic acids is 2. The van der Waals surface area contributed by atoms with Crippen molar-refractivity contribution >= 4 is 34.5 Å². The van der Waals surface area contributed by atoms with Crippen LogP contribution in [0.25, 0.3) is 0 Å². The Morgan fingerprint density at radius 1 is 0.917 bits per heavy atom. The van der Waals surface area contributed by atoms with Crippen molar-refractivity contribution in [2.75, 3.05) is 26.2 Å². The van der Waals surface area contributed by atoms with E-state index >= 15 is 0 Å². The molecule has 2 aromatic heterocycles. The van der Waals surface area contributed by atoms with Crippen molar-refractivity contribution in [2.24, 2.45) is 0 Å². The van der Waals surface area contributed by atoms with Gasteiger partial charge in [0.2, 0.25) is 0 Å². The van der Waals surface area contributed by atoms with Gasteiger partial charge >= 0.3 is 0 Å². The fourth-order valence-electron chi connectivity index (χ4n) is 3.42. The molecule has 2 aromatic rings.